The molecule has 0 bridgehead atoms. The van der Waals surface area contributed by atoms with Gasteiger partial charge in [-0.05, 0) is 36.8 Å². The average Bonchev–Trinajstić information content (AvgIpc) is 3.21. The number of nitrogens with one attached hydrogen (secondary N) is 1. The molecule has 3 aromatic carbocycles. The van der Waals surface area contributed by atoms with Crippen molar-refractivity contribution in [2.45, 2.75) is 13.5 Å². The fourth-order valence-corrected chi connectivity index (χ4v) is 3.56. The van der Waals surface area contributed by atoms with E-state index in [9.17, 15) is 4.79 Å². The summed E-state index contributed by atoms with van der Waals surface area (Å²) in [7, 11) is 0. The van der Waals surface area contributed by atoms with Crippen LogP contribution in [0.25, 0.3) is 21.8 Å². The number of ether oxygens (including phenoxy) is 1. The minimum Gasteiger partial charge on any atom is -0.485 e. The van der Waals surface area contributed by atoms with Crippen LogP contribution in [0.1, 0.15) is 17.0 Å². The van der Waals surface area contributed by atoms with Gasteiger partial charge in [0.1, 0.15) is 12.4 Å². The quantitative estimate of drug-likeness (QED) is 0.430. The van der Waals surface area contributed by atoms with Crippen LogP contribution < -0.4 is 10.3 Å². The first kappa shape index (κ1) is 18.8. The summed E-state index contributed by atoms with van der Waals surface area (Å²) < 4.78 is 7.29. The zero-order valence-corrected chi connectivity index (χ0v) is 16.9. The maximum absolute atomic E-state index is 13.2. The van der Waals surface area contributed by atoms with Crippen molar-refractivity contribution in [2.75, 3.05) is 0 Å². The van der Waals surface area contributed by atoms with Crippen LogP contribution in [0.2, 0.25) is 0 Å². The van der Waals surface area contributed by atoms with E-state index >= 15 is 0 Å². The Balaban J connectivity index is 1.58. The second kappa shape index (κ2) is 7.91. The highest BCUT2D eigenvalue weighted by Crippen LogP contribution is 2.19. The second-order valence-electron chi connectivity index (χ2n) is 7.25. The van der Waals surface area contributed by atoms with Crippen molar-refractivity contribution >= 4 is 28.0 Å². The van der Waals surface area contributed by atoms with Crippen molar-refractivity contribution in [3.05, 3.63) is 106 Å². The molecule has 0 saturated carbocycles. The average molecular weight is 408 g/mol. The van der Waals surface area contributed by atoms with E-state index in [0.29, 0.717) is 16.7 Å². The molecule has 1 N–H and O–H groups in total. The van der Waals surface area contributed by atoms with Crippen LogP contribution >= 0.6 is 0 Å². The Morgan fingerprint density at radius 1 is 1.00 bits per heavy atom. The third kappa shape index (κ3) is 3.59. The summed E-state index contributed by atoms with van der Waals surface area (Å²) in [6.45, 7) is 2.10. The Kier molecular flexibility index (Phi) is 4.80. The Morgan fingerprint density at radius 3 is 2.61 bits per heavy atom. The van der Waals surface area contributed by atoms with Gasteiger partial charge in [-0.2, -0.15) is 9.78 Å². The molecule has 0 saturated heterocycles. The van der Waals surface area contributed by atoms with Crippen LogP contribution in [0.4, 0.5) is 0 Å². The summed E-state index contributed by atoms with van der Waals surface area (Å²) in [4.78, 5) is 21.1. The Labute approximate surface area is 178 Å². The molecule has 0 atom stereocenters. The van der Waals surface area contributed by atoms with E-state index in [4.69, 9.17) is 4.74 Å². The lowest BCUT2D eigenvalue weighted by Crippen LogP contribution is -2.23. The number of hydrogen-bond acceptors (Lipinski definition) is 4. The number of benzene rings is 3. The molecule has 2 heterocycles. The van der Waals surface area contributed by atoms with Crippen molar-refractivity contribution in [2.24, 2.45) is 5.10 Å². The fraction of sp³-hybridized carbons (Fsp3) is 0.0800. The molecule has 0 aliphatic carbocycles. The van der Waals surface area contributed by atoms with Crippen molar-refractivity contribution in [1.29, 1.82) is 0 Å². The molecule has 0 unspecified atom stereocenters. The number of nitrogens with zero attached hydrogens (tertiary/aromatic N) is 3. The minimum atomic E-state index is -0.231. The van der Waals surface area contributed by atoms with Gasteiger partial charge < -0.3 is 9.72 Å². The van der Waals surface area contributed by atoms with Gasteiger partial charge in [0.2, 0.25) is 0 Å². The third-order valence-electron chi connectivity index (χ3n) is 5.20. The zero-order chi connectivity index (χ0) is 21.2. The standard InChI is InChI=1S/C25H20N4O2/c1-17-8-2-7-13-23(17)31-16-24-28-22-12-6-4-10-20(22)25(30)29(24)27-15-18-14-26-21-11-5-3-9-19(18)21/h2-15,26H,16H2,1H3. The molecule has 5 rings (SSSR count). The van der Waals surface area contributed by atoms with Gasteiger partial charge in [0, 0.05) is 22.7 Å². The highest BCUT2D eigenvalue weighted by molar-refractivity contribution is 5.98. The number of aromatic nitrogens is 3. The first-order chi connectivity index (χ1) is 15.2. The van der Waals surface area contributed by atoms with E-state index in [2.05, 4.69) is 15.1 Å². The predicted molar refractivity (Wildman–Crippen MR) is 123 cm³/mol. The van der Waals surface area contributed by atoms with Gasteiger partial charge in [0.15, 0.2) is 5.82 Å². The molecule has 31 heavy (non-hydrogen) atoms. The second-order valence-corrected chi connectivity index (χ2v) is 7.25. The van der Waals surface area contributed by atoms with Crippen LogP contribution in [0.15, 0.2) is 88.9 Å². The Bertz CT molecular complexity index is 1480. The number of H-pyrrole nitrogens is 1. The monoisotopic (exact) mass is 408 g/mol. The highest BCUT2D eigenvalue weighted by Gasteiger charge is 2.12. The smallest absolute Gasteiger partial charge is 0.282 e. The number of para-hydroxylation sites is 3. The summed E-state index contributed by atoms with van der Waals surface area (Å²) in [5.74, 6) is 1.18. The van der Waals surface area contributed by atoms with Gasteiger partial charge >= 0.3 is 0 Å². The molecule has 6 nitrogen and oxygen atoms in total. The van der Waals surface area contributed by atoms with Crippen LogP contribution in [0, 0.1) is 6.92 Å². The summed E-state index contributed by atoms with van der Waals surface area (Å²) in [6.07, 6.45) is 3.55. The van der Waals surface area contributed by atoms with Crippen LogP contribution in [0.3, 0.4) is 0 Å². The molecule has 0 aliphatic rings. The topological polar surface area (TPSA) is 72.3 Å². The normalized spacial score (nSPS) is 11.5. The zero-order valence-electron chi connectivity index (χ0n) is 16.9. The van der Waals surface area contributed by atoms with Gasteiger partial charge in [0.25, 0.3) is 5.56 Å². The highest BCUT2D eigenvalue weighted by atomic mass is 16.5. The number of hydrogen-bond donors (Lipinski definition) is 1. The van der Waals surface area contributed by atoms with Crippen molar-refractivity contribution in [1.82, 2.24) is 14.6 Å². The van der Waals surface area contributed by atoms with Gasteiger partial charge in [-0.25, -0.2) is 4.98 Å². The Hall–Kier alpha value is -4.19. The Morgan fingerprint density at radius 2 is 1.74 bits per heavy atom. The molecule has 0 radical (unpaired) electrons. The molecule has 0 aliphatic heterocycles. The van der Waals surface area contributed by atoms with Crippen molar-refractivity contribution in [3.63, 3.8) is 0 Å². The molecular weight excluding hydrogens is 388 g/mol. The molecule has 0 fully saturated rings. The lowest BCUT2D eigenvalue weighted by molar-refractivity contribution is 0.287. The molecule has 5 aromatic rings. The number of aromatic amines is 1. The number of aryl methyl sites for hydroxylation is 1. The van der Waals surface area contributed by atoms with E-state index in [0.717, 1.165) is 27.8 Å². The third-order valence-corrected chi connectivity index (χ3v) is 5.20. The van der Waals surface area contributed by atoms with Gasteiger partial charge in [-0.3, -0.25) is 4.79 Å². The number of fused-ring (bicyclic) bond motifs is 2. The van der Waals surface area contributed by atoms with Gasteiger partial charge in [0.05, 0.1) is 17.1 Å². The molecule has 0 spiro atoms. The van der Waals surface area contributed by atoms with Gasteiger partial charge in [-0.1, -0.05) is 48.5 Å². The first-order valence-electron chi connectivity index (χ1n) is 10.0. The molecule has 152 valence electrons. The number of rotatable bonds is 5. The largest absolute Gasteiger partial charge is 0.485 e. The van der Waals surface area contributed by atoms with E-state index in [1.807, 2.05) is 79.9 Å². The maximum Gasteiger partial charge on any atom is 0.282 e. The molecule has 2 aromatic heterocycles. The molecule has 6 heteroatoms. The summed E-state index contributed by atoms with van der Waals surface area (Å²) in [6, 6.07) is 23.0. The first-order valence-corrected chi connectivity index (χ1v) is 10.0. The van der Waals surface area contributed by atoms with E-state index in [1.54, 1.807) is 12.3 Å². The molecular formula is C25H20N4O2. The van der Waals surface area contributed by atoms with Crippen molar-refractivity contribution < 1.29 is 4.74 Å². The predicted octanol–water partition coefficient (Wildman–Crippen LogP) is 4.65. The molecule has 0 amide bonds. The summed E-state index contributed by atoms with van der Waals surface area (Å²) >= 11 is 0. The fourth-order valence-electron chi connectivity index (χ4n) is 3.56. The lowest BCUT2D eigenvalue weighted by atomic mass is 10.2. The SMILES string of the molecule is Cc1ccccc1OCc1nc2ccccc2c(=O)n1N=Cc1c[nH]c2ccccc12. The maximum atomic E-state index is 13.2. The van der Waals surface area contributed by atoms with E-state index in [1.165, 1.54) is 4.68 Å². The van der Waals surface area contributed by atoms with Crippen LogP contribution in [-0.4, -0.2) is 20.9 Å². The van der Waals surface area contributed by atoms with Crippen LogP contribution in [0.5, 0.6) is 5.75 Å². The summed E-state index contributed by atoms with van der Waals surface area (Å²) in [5, 5.41) is 6.05. The van der Waals surface area contributed by atoms with E-state index < -0.39 is 0 Å². The summed E-state index contributed by atoms with van der Waals surface area (Å²) in [5.41, 5.74) is 3.30. The lowest BCUT2D eigenvalue weighted by Gasteiger charge is -2.12. The van der Waals surface area contributed by atoms with Gasteiger partial charge in [-0.15, -0.1) is 0 Å². The van der Waals surface area contributed by atoms with E-state index in [-0.39, 0.29) is 12.2 Å². The van der Waals surface area contributed by atoms with Crippen LogP contribution in [-0.2, 0) is 6.61 Å². The minimum absolute atomic E-state index is 0.121. The van der Waals surface area contributed by atoms with Crippen molar-refractivity contribution in [3.8, 4) is 5.75 Å².